The number of aromatic nitrogens is 1. The molecule has 2 aliphatic rings. The van der Waals surface area contributed by atoms with E-state index < -0.39 is 24.3 Å². The molecule has 11 heteroatoms. The minimum absolute atomic E-state index is 0.0324. The second kappa shape index (κ2) is 10.2. The number of carbonyl (C=O) groups excluding carboxylic acids is 2. The highest BCUT2D eigenvalue weighted by atomic mass is 35.5. The Balaban J connectivity index is 1.38. The van der Waals surface area contributed by atoms with Crippen molar-refractivity contribution >= 4 is 29.3 Å². The number of nitrogens with zero attached hydrogens (tertiary/aromatic N) is 3. The Bertz CT molecular complexity index is 999. The van der Waals surface area contributed by atoms with Crippen LogP contribution in [-0.2, 0) is 9.53 Å². The predicted molar refractivity (Wildman–Crippen MR) is 120 cm³/mol. The van der Waals surface area contributed by atoms with Crippen molar-refractivity contribution in [3.63, 3.8) is 0 Å². The van der Waals surface area contributed by atoms with E-state index >= 15 is 0 Å². The van der Waals surface area contributed by atoms with E-state index in [1.807, 2.05) is 0 Å². The minimum atomic E-state index is -5.06. The van der Waals surface area contributed by atoms with Gasteiger partial charge in [0.1, 0.15) is 11.9 Å². The lowest BCUT2D eigenvalue weighted by molar-refractivity contribution is -0.204. The molecule has 2 aliphatic heterocycles. The third-order valence-electron chi connectivity index (χ3n) is 6.05. The van der Waals surface area contributed by atoms with Crippen molar-refractivity contribution in [2.45, 2.75) is 37.2 Å². The van der Waals surface area contributed by atoms with Gasteiger partial charge in [-0.1, -0.05) is 17.7 Å². The number of nitrogens with one attached hydrogen (secondary N) is 1. The van der Waals surface area contributed by atoms with Gasteiger partial charge in [-0.15, -0.1) is 0 Å². The number of rotatable bonds is 5. The summed E-state index contributed by atoms with van der Waals surface area (Å²) in [5.74, 6) is -1.69. The van der Waals surface area contributed by atoms with E-state index in [1.54, 1.807) is 58.5 Å². The maximum absolute atomic E-state index is 12.8. The molecule has 182 valence electrons. The van der Waals surface area contributed by atoms with Crippen LogP contribution in [0.3, 0.4) is 0 Å². The fourth-order valence-electron chi connectivity index (χ4n) is 4.31. The summed E-state index contributed by atoms with van der Waals surface area (Å²) in [6.07, 6.45) is -3.19. The Hall–Kier alpha value is -2.85. The molecule has 1 aromatic heterocycles. The molecule has 0 bridgehead atoms. The molecule has 0 spiro atoms. The molecule has 2 aromatic rings. The zero-order valence-electron chi connectivity index (χ0n) is 18.2. The van der Waals surface area contributed by atoms with Crippen LogP contribution >= 0.6 is 11.6 Å². The quantitative estimate of drug-likeness (QED) is 0.640. The maximum atomic E-state index is 12.8. The Labute approximate surface area is 199 Å². The van der Waals surface area contributed by atoms with Gasteiger partial charge in [0.25, 0.3) is 5.91 Å². The number of alkyl halides is 3. The van der Waals surface area contributed by atoms with Crippen molar-refractivity contribution in [3.05, 3.63) is 59.2 Å². The van der Waals surface area contributed by atoms with Crippen molar-refractivity contribution in [3.8, 4) is 0 Å². The summed E-state index contributed by atoms with van der Waals surface area (Å²) in [7, 11) is 0. The van der Waals surface area contributed by atoms with Crippen LogP contribution in [-0.4, -0.2) is 72.3 Å². The van der Waals surface area contributed by atoms with Crippen molar-refractivity contribution in [2.24, 2.45) is 0 Å². The summed E-state index contributed by atoms with van der Waals surface area (Å²) in [6, 6.07) is 11.4. The third-order valence-corrected chi connectivity index (χ3v) is 6.30. The first-order valence-corrected chi connectivity index (χ1v) is 11.3. The van der Waals surface area contributed by atoms with Gasteiger partial charge in [0.05, 0.1) is 12.6 Å². The number of anilines is 1. The maximum Gasteiger partial charge on any atom is 0.490 e. The average molecular weight is 497 g/mol. The van der Waals surface area contributed by atoms with Crippen LogP contribution in [0.15, 0.2) is 48.7 Å². The van der Waals surface area contributed by atoms with Crippen LogP contribution in [0.4, 0.5) is 19.0 Å². The fourth-order valence-corrected chi connectivity index (χ4v) is 4.44. The standard InChI is InChI=1S/C23H24ClF3N4O3/c24-16-6-4-15(5-7-16)21(32)30-11-8-17(9-12-30)29-18-13-31(20-3-1-2-10-28-20)14-19(18)34-22(33)23(25,26)27/h1-7,10,17-19,29H,8-9,11-14H2/t18-,19-/m0/s1. The number of amides is 1. The summed E-state index contributed by atoms with van der Waals surface area (Å²) in [4.78, 5) is 32.0. The first-order chi connectivity index (χ1) is 16.2. The second-order valence-electron chi connectivity index (χ2n) is 8.38. The number of piperidine rings is 1. The topological polar surface area (TPSA) is 74.8 Å². The van der Waals surface area contributed by atoms with Crippen LogP contribution in [0.1, 0.15) is 23.2 Å². The largest absolute Gasteiger partial charge is 0.490 e. The van der Waals surface area contributed by atoms with Gasteiger partial charge in [0.15, 0.2) is 0 Å². The molecule has 0 radical (unpaired) electrons. The number of esters is 1. The Morgan fingerprint density at radius 2 is 1.76 bits per heavy atom. The van der Waals surface area contributed by atoms with Crippen molar-refractivity contribution in [2.75, 3.05) is 31.1 Å². The smallest absolute Gasteiger partial charge is 0.452 e. The third kappa shape index (κ3) is 5.79. The zero-order chi connectivity index (χ0) is 24.3. The first kappa shape index (κ1) is 24.3. The molecule has 1 amide bonds. The van der Waals surface area contributed by atoms with E-state index in [0.29, 0.717) is 48.9 Å². The van der Waals surface area contributed by atoms with Crippen molar-refractivity contribution in [1.29, 1.82) is 0 Å². The van der Waals surface area contributed by atoms with Crippen LogP contribution in [0.2, 0.25) is 5.02 Å². The molecule has 2 atom stereocenters. The van der Waals surface area contributed by atoms with E-state index in [2.05, 4.69) is 10.3 Å². The Morgan fingerprint density at radius 1 is 1.06 bits per heavy atom. The second-order valence-corrected chi connectivity index (χ2v) is 8.82. The summed E-state index contributed by atoms with van der Waals surface area (Å²) >= 11 is 5.89. The first-order valence-electron chi connectivity index (χ1n) is 11.0. The highest BCUT2D eigenvalue weighted by Crippen LogP contribution is 2.25. The van der Waals surface area contributed by atoms with E-state index in [-0.39, 0.29) is 18.5 Å². The van der Waals surface area contributed by atoms with E-state index in [4.69, 9.17) is 16.3 Å². The molecule has 2 fully saturated rings. The van der Waals surface area contributed by atoms with Crippen LogP contribution in [0.5, 0.6) is 0 Å². The van der Waals surface area contributed by atoms with Gasteiger partial charge in [-0.2, -0.15) is 13.2 Å². The van der Waals surface area contributed by atoms with Gasteiger partial charge in [0.2, 0.25) is 0 Å². The SMILES string of the molecule is O=C(c1ccc(Cl)cc1)N1CCC(N[C@H]2CN(c3ccccn3)C[C@@H]2OC(=O)C(F)(F)F)CC1. The van der Waals surface area contributed by atoms with Crippen molar-refractivity contribution < 1.29 is 27.5 Å². The lowest BCUT2D eigenvalue weighted by Gasteiger charge is -2.34. The molecule has 34 heavy (non-hydrogen) atoms. The average Bonchev–Trinajstić information content (AvgIpc) is 3.22. The molecule has 2 saturated heterocycles. The molecule has 0 aliphatic carbocycles. The highest BCUT2D eigenvalue weighted by molar-refractivity contribution is 6.30. The van der Waals surface area contributed by atoms with Gasteiger partial charge in [-0.05, 0) is 49.2 Å². The number of hydrogen-bond acceptors (Lipinski definition) is 6. The van der Waals surface area contributed by atoms with Gasteiger partial charge in [0, 0.05) is 42.5 Å². The zero-order valence-corrected chi connectivity index (χ0v) is 18.9. The molecule has 0 unspecified atom stereocenters. The van der Waals surface area contributed by atoms with Crippen LogP contribution in [0, 0.1) is 0 Å². The van der Waals surface area contributed by atoms with E-state index in [0.717, 1.165) is 0 Å². The van der Waals surface area contributed by atoms with Crippen molar-refractivity contribution in [1.82, 2.24) is 15.2 Å². The molecule has 1 aromatic carbocycles. The minimum Gasteiger partial charge on any atom is -0.452 e. The van der Waals surface area contributed by atoms with Gasteiger partial charge >= 0.3 is 12.1 Å². The Kier molecular flexibility index (Phi) is 7.27. The predicted octanol–water partition coefficient (Wildman–Crippen LogP) is 3.29. The molecular weight excluding hydrogens is 473 g/mol. The van der Waals surface area contributed by atoms with Gasteiger partial charge < -0.3 is 19.9 Å². The number of benzene rings is 1. The van der Waals surface area contributed by atoms with Crippen LogP contribution in [0.25, 0.3) is 0 Å². The van der Waals surface area contributed by atoms with E-state index in [1.165, 1.54) is 0 Å². The number of halogens is 4. The van der Waals surface area contributed by atoms with Crippen LogP contribution < -0.4 is 10.2 Å². The van der Waals surface area contributed by atoms with E-state index in [9.17, 15) is 22.8 Å². The monoisotopic (exact) mass is 496 g/mol. The summed E-state index contributed by atoms with van der Waals surface area (Å²) in [6.45, 7) is 1.45. The molecule has 3 heterocycles. The number of hydrogen-bond donors (Lipinski definition) is 1. The fraction of sp³-hybridized carbons (Fsp3) is 0.435. The molecule has 7 nitrogen and oxygen atoms in total. The summed E-state index contributed by atoms with van der Waals surface area (Å²) < 4.78 is 43.3. The normalized spacial score (nSPS) is 21.5. The number of likely N-dealkylation sites (tertiary alicyclic amines) is 1. The Morgan fingerprint density at radius 3 is 2.38 bits per heavy atom. The lowest BCUT2D eigenvalue weighted by Crippen LogP contribution is -2.52. The number of ether oxygens (including phenoxy) is 1. The summed E-state index contributed by atoms with van der Waals surface area (Å²) in [5, 5.41) is 3.91. The summed E-state index contributed by atoms with van der Waals surface area (Å²) in [5.41, 5.74) is 0.553. The van der Waals surface area contributed by atoms with Gasteiger partial charge in [-0.25, -0.2) is 9.78 Å². The molecular formula is C23H24ClF3N4O3. The lowest BCUT2D eigenvalue weighted by atomic mass is 10.0. The number of pyridine rings is 1. The number of carbonyl (C=O) groups is 2. The highest BCUT2D eigenvalue weighted by Gasteiger charge is 2.46. The molecule has 4 rings (SSSR count). The molecule has 0 saturated carbocycles. The van der Waals surface area contributed by atoms with Gasteiger partial charge in [-0.3, -0.25) is 4.79 Å². The molecule has 1 N–H and O–H groups in total.